The Morgan fingerprint density at radius 1 is 1.47 bits per heavy atom. The molecule has 0 amide bonds. The van der Waals surface area contributed by atoms with Crippen molar-refractivity contribution in [1.82, 2.24) is 10.6 Å². The van der Waals surface area contributed by atoms with E-state index in [1.807, 2.05) is 0 Å². The highest BCUT2D eigenvalue weighted by Crippen LogP contribution is 2.15. The van der Waals surface area contributed by atoms with Crippen molar-refractivity contribution < 1.29 is 4.39 Å². The maximum atomic E-state index is 13.5. The van der Waals surface area contributed by atoms with Crippen LogP contribution in [0.1, 0.15) is 5.56 Å². The van der Waals surface area contributed by atoms with Gasteiger partial charge in [-0.25, -0.2) is 4.39 Å². The summed E-state index contributed by atoms with van der Waals surface area (Å²) in [5.41, 5.74) is 0.657. The Kier molecular flexibility index (Phi) is 9.61. The first-order valence-corrected chi connectivity index (χ1v) is 6.28. The number of hydrogen-bond donors (Lipinski definition) is 2. The Labute approximate surface area is 138 Å². The third kappa shape index (κ3) is 6.78. The standard InChI is InChI=1S/C13H15BrFN3.HI/c1-3-7-17-13(16-2)18-8-6-10-9-11(14)4-5-12(10)15;/h1,4-5,9H,6-8H2,2H3,(H2,16,17,18);1H. The minimum Gasteiger partial charge on any atom is -0.356 e. The number of aliphatic imine (C=N–C) groups is 1. The predicted octanol–water partition coefficient (Wildman–Crippen LogP) is 2.55. The highest BCUT2D eigenvalue weighted by molar-refractivity contribution is 14.0. The maximum Gasteiger partial charge on any atom is 0.191 e. The number of nitrogens with one attached hydrogen (secondary N) is 2. The second-order valence-electron chi connectivity index (χ2n) is 3.54. The lowest BCUT2D eigenvalue weighted by Crippen LogP contribution is -2.38. The molecule has 3 nitrogen and oxygen atoms in total. The molecular formula is C13H16BrFIN3. The highest BCUT2D eigenvalue weighted by atomic mass is 127. The van der Waals surface area contributed by atoms with E-state index >= 15 is 0 Å². The van der Waals surface area contributed by atoms with E-state index in [2.05, 4.69) is 37.5 Å². The lowest BCUT2D eigenvalue weighted by molar-refractivity contribution is 0.606. The summed E-state index contributed by atoms with van der Waals surface area (Å²) in [5, 5.41) is 5.99. The molecule has 19 heavy (non-hydrogen) atoms. The number of halogens is 3. The molecule has 0 spiro atoms. The molecule has 104 valence electrons. The Morgan fingerprint density at radius 3 is 2.84 bits per heavy atom. The fraction of sp³-hybridized carbons (Fsp3) is 0.308. The third-order valence-electron chi connectivity index (χ3n) is 2.28. The van der Waals surface area contributed by atoms with Crippen LogP contribution in [0.5, 0.6) is 0 Å². The number of terminal acetylenes is 1. The van der Waals surface area contributed by atoms with Gasteiger partial charge in [0.2, 0.25) is 0 Å². The van der Waals surface area contributed by atoms with Crippen molar-refractivity contribution in [2.24, 2.45) is 4.99 Å². The summed E-state index contributed by atoms with van der Waals surface area (Å²) < 4.78 is 14.3. The second kappa shape index (κ2) is 10.0. The summed E-state index contributed by atoms with van der Waals surface area (Å²) >= 11 is 3.32. The van der Waals surface area contributed by atoms with Crippen LogP contribution in [0.15, 0.2) is 27.7 Å². The maximum absolute atomic E-state index is 13.5. The van der Waals surface area contributed by atoms with E-state index in [1.54, 1.807) is 19.2 Å². The molecule has 6 heteroatoms. The molecular weight excluding hydrogens is 424 g/mol. The minimum atomic E-state index is -0.202. The average molecular weight is 440 g/mol. The number of nitrogens with zero attached hydrogens (tertiary/aromatic N) is 1. The second-order valence-corrected chi connectivity index (χ2v) is 4.46. The van der Waals surface area contributed by atoms with E-state index in [9.17, 15) is 4.39 Å². The van der Waals surface area contributed by atoms with Crippen molar-refractivity contribution in [2.75, 3.05) is 20.1 Å². The lowest BCUT2D eigenvalue weighted by Gasteiger charge is -2.10. The Balaban J connectivity index is 0.00000324. The first kappa shape index (κ1) is 18.2. The van der Waals surface area contributed by atoms with Crippen LogP contribution in [-0.4, -0.2) is 26.1 Å². The lowest BCUT2D eigenvalue weighted by atomic mass is 10.1. The van der Waals surface area contributed by atoms with Gasteiger partial charge in [0.05, 0.1) is 6.54 Å². The molecule has 0 bridgehead atoms. The van der Waals surface area contributed by atoms with Crippen molar-refractivity contribution in [3.05, 3.63) is 34.1 Å². The molecule has 0 aliphatic rings. The molecule has 0 unspecified atom stereocenters. The van der Waals surface area contributed by atoms with Crippen LogP contribution in [0, 0.1) is 18.2 Å². The van der Waals surface area contributed by atoms with Crippen molar-refractivity contribution >= 4 is 45.9 Å². The average Bonchev–Trinajstić information content (AvgIpc) is 2.37. The quantitative estimate of drug-likeness (QED) is 0.327. The number of hydrogen-bond acceptors (Lipinski definition) is 1. The molecule has 1 aromatic rings. The molecule has 0 saturated heterocycles. The van der Waals surface area contributed by atoms with Crippen molar-refractivity contribution in [2.45, 2.75) is 6.42 Å². The van der Waals surface area contributed by atoms with Crippen LogP contribution in [0.2, 0.25) is 0 Å². The summed E-state index contributed by atoms with van der Waals surface area (Å²) in [4.78, 5) is 3.99. The predicted molar refractivity (Wildman–Crippen MR) is 91.4 cm³/mol. The van der Waals surface area contributed by atoms with Gasteiger partial charge < -0.3 is 10.6 Å². The Bertz CT molecular complexity index is 471. The largest absolute Gasteiger partial charge is 0.356 e. The number of rotatable bonds is 4. The summed E-state index contributed by atoms with van der Waals surface area (Å²) in [5.74, 6) is 2.87. The molecule has 0 saturated carbocycles. The minimum absolute atomic E-state index is 0. The number of guanidine groups is 1. The normalized spacial score (nSPS) is 10.3. The van der Waals surface area contributed by atoms with Gasteiger partial charge in [0.25, 0.3) is 0 Å². The Hall–Kier alpha value is -0.810. The molecule has 1 aromatic carbocycles. The van der Waals surface area contributed by atoms with E-state index in [1.165, 1.54) is 6.07 Å². The molecule has 2 N–H and O–H groups in total. The smallest absolute Gasteiger partial charge is 0.191 e. The van der Waals surface area contributed by atoms with E-state index in [4.69, 9.17) is 6.42 Å². The van der Waals surface area contributed by atoms with Crippen LogP contribution in [-0.2, 0) is 6.42 Å². The van der Waals surface area contributed by atoms with E-state index < -0.39 is 0 Å². The van der Waals surface area contributed by atoms with E-state index in [0.717, 1.165) is 4.47 Å². The van der Waals surface area contributed by atoms with Gasteiger partial charge in [-0.3, -0.25) is 4.99 Å². The first-order chi connectivity index (χ1) is 8.67. The van der Waals surface area contributed by atoms with Crippen LogP contribution in [0.25, 0.3) is 0 Å². The summed E-state index contributed by atoms with van der Waals surface area (Å²) in [6.45, 7) is 0.989. The molecule has 0 radical (unpaired) electrons. The molecule has 0 fully saturated rings. The number of benzene rings is 1. The Morgan fingerprint density at radius 2 is 2.21 bits per heavy atom. The molecule has 1 rings (SSSR count). The zero-order valence-electron chi connectivity index (χ0n) is 10.5. The fourth-order valence-electron chi connectivity index (χ4n) is 1.41. The first-order valence-electron chi connectivity index (χ1n) is 5.49. The van der Waals surface area contributed by atoms with Crippen molar-refractivity contribution in [1.29, 1.82) is 0 Å². The molecule has 0 heterocycles. The fourth-order valence-corrected chi connectivity index (χ4v) is 1.81. The van der Waals surface area contributed by atoms with Gasteiger partial charge >= 0.3 is 0 Å². The highest BCUT2D eigenvalue weighted by Gasteiger charge is 2.03. The molecule has 0 atom stereocenters. The molecule has 0 aromatic heterocycles. The van der Waals surface area contributed by atoms with Gasteiger partial charge in [-0.1, -0.05) is 21.9 Å². The van der Waals surface area contributed by atoms with Gasteiger partial charge in [0.15, 0.2) is 5.96 Å². The van der Waals surface area contributed by atoms with Gasteiger partial charge in [-0.05, 0) is 30.2 Å². The van der Waals surface area contributed by atoms with Crippen LogP contribution < -0.4 is 10.6 Å². The van der Waals surface area contributed by atoms with Gasteiger partial charge in [-0.15, -0.1) is 30.4 Å². The third-order valence-corrected chi connectivity index (χ3v) is 2.77. The van der Waals surface area contributed by atoms with E-state index in [-0.39, 0.29) is 29.8 Å². The molecule has 0 aliphatic carbocycles. The SMILES string of the molecule is C#CCNC(=NC)NCCc1cc(Br)ccc1F.I. The van der Waals surface area contributed by atoms with E-state index in [0.29, 0.717) is 31.0 Å². The summed E-state index contributed by atoms with van der Waals surface area (Å²) in [6, 6.07) is 4.90. The van der Waals surface area contributed by atoms with Crippen molar-refractivity contribution in [3.63, 3.8) is 0 Å². The van der Waals surface area contributed by atoms with Crippen LogP contribution in [0.4, 0.5) is 4.39 Å². The zero-order valence-corrected chi connectivity index (χ0v) is 14.5. The van der Waals surface area contributed by atoms with Gasteiger partial charge in [0.1, 0.15) is 5.82 Å². The summed E-state index contributed by atoms with van der Waals surface area (Å²) in [6.07, 6.45) is 5.71. The molecule has 0 aliphatic heterocycles. The monoisotopic (exact) mass is 439 g/mol. The van der Waals surface area contributed by atoms with Crippen molar-refractivity contribution in [3.8, 4) is 12.3 Å². The van der Waals surface area contributed by atoms with Crippen LogP contribution >= 0.6 is 39.9 Å². The summed E-state index contributed by atoms with van der Waals surface area (Å²) in [7, 11) is 1.66. The van der Waals surface area contributed by atoms with Gasteiger partial charge in [-0.2, -0.15) is 0 Å². The topological polar surface area (TPSA) is 36.4 Å². The van der Waals surface area contributed by atoms with Gasteiger partial charge in [0, 0.05) is 18.1 Å². The zero-order chi connectivity index (χ0) is 13.4. The van der Waals surface area contributed by atoms with Crippen LogP contribution in [0.3, 0.4) is 0 Å².